The zero-order valence-electron chi connectivity index (χ0n) is 10.6. The van der Waals surface area contributed by atoms with Gasteiger partial charge in [0.2, 0.25) is 5.91 Å². The molecular weight excluding hydrogens is 204 g/mol. The van der Waals surface area contributed by atoms with E-state index in [1.807, 2.05) is 6.92 Å². The average Bonchev–Trinajstić information content (AvgIpc) is 2.75. The van der Waals surface area contributed by atoms with Gasteiger partial charge in [-0.2, -0.15) is 0 Å². The van der Waals surface area contributed by atoms with Crippen LogP contribution in [0.3, 0.4) is 0 Å². The van der Waals surface area contributed by atoms with Crippen molar-refractivity contribution in [3.63, 3.8) is 0 Å². The predicted octanol–water partition coefficient (Wildman–Crippen LogP) is 0.916. The lowest BCUT2D eigenvalue weighted by Gasteiger charge is -2.17. The predicted molar refractivity (Wildman–Crippen MR) is 64.3 cm³/mol. The summed E-state index contributed by atoms with van der Waals surface area (Å²) < 4.78 is 5.55. The fraction of sp³-hybridized carbons (Fsp3) is 0.917. The van der Waals surface area contributed by atoms with Gasteiger partial charge in [-0.15, -0.1) is 0 Å². The van der Waals surface area contributed by atoms with Crippen molar-refractivity contribution in [3.05, 3.63) is 0 Å². The Labute approximate surface area is 98.1 Å². The molecule has 1 aliphatic heterocycles. The third kappa shape index (κ3) is 4.94. The van der Waals surface area contributed by atoms with Gasteiger partial charge in [0, 0.05) is 12.6 Å². The number of rotatable bonds is 6. The van der Waals surface area contributed by atoms with Crippen LogP contribution in [-0.2, 0) is 9.53 Å². The number of hydrogen-bond donors (Lipinski definition) is 2. The first-order chi connectivity index (χ1) is 7.59. The van der Waals surface area contributed by atoms with Crippen LogP contribution in [0.1, 0.15) is 33.6 Å². The topological polar surface area (TPSA) is 50.4 Å². The molecule has 4 heteroatoms. The maximum absolute atomic E-state index is 11.6. The average molecular weight is 228 g/mol. The van der Waals surface area contributed by atoms with Crippen LogP contribution in [0.4, 0.5) is 0 Å². The number of ether oxygens (including phenoxy) is 1. The standard InChI is InChI=1S/C12H24N2O2/c1-9(2)7-14-12(15)10(3)16-8-11-5-4-6-13-11/h9-11,13H,4-8H2,1-3H3,(H,14,15). The third-order valence-electron chi connectivity index (χ3n) is 2.76. The zero-order valence-corrected chi connectivity index (χ0v) is 10.6. The number of nitrogens with one attached hydrogen (secondary N) is 2. The highest BCUT2D eigenvalue weighted by molar-refractivity contribution is 5.80. The molecule has 1 heterocycles. The summed E-state index contributed by atoms with van der Waals surface area (Å²) >= 11 is 0. The molecule has 2 atom stereocenters. The molecule has 2 unspecified atom stereocenters. The summed E-state index contributed by atoms with van der Waals surface area (Å²) in [7, 11) is 0. The molecule has 1 fully saturated rings. The molecule has 16 heavy (non-hydrogen) atoms. The summed E-state index contributed by atoms with van der Waals surface area (Å²) in [5.41, 5.74) is 0. The minimum Gasteiger partial charge on any atom is -0.367 e. The fourth-order valence-corrected chi connectivity index (χ4v) is 1.68. The molecule has 94 valence electrons. The molecule has 4 nitrogen and oxygen atoms in total. The lowest BCUT2D eigenvalue weighted by atomic mass is 10.2. The maximum atomic E-state index is 11.6. The molecule has 1 rings (SSSR count). The van der Waals surface area contributed by atoms with Crippen LogP contribution in [0.25, 0.3) is 0 Å². The van der Waals surface area contributed by atoms with E-state index in [4.69, 9.17) is 4.74 Å². The van der Waals surface area contributed by atoms with Crippen molar-refractivity contribution in [3.8, 4) is 0 Å². The van der Waals surface area contributed by atoms with Gasteiger partial charge >= 0.3 is 0 Å². The van der Waals surface area contributed by atoms with Crippen LogP contribution in [0.15, 0.2) is 0 Å². The Bertz CT molecular complexity index is 213. The van der Waals surface area contributed by atoms with Crippen molar-refractivity contribution in [2.24, 2.45) is 5.92 Å². The molecular formula is C12H24N2O2. The van der Waals surface area contributed by atoms with E-state index < -0.39 is 0 Å². The van der Waals surface area contributed by atoms with Gasteiger partial charge in [0.15, 0.2) is 0 Å². The van der Waals surface area contributed by atoms with Crippen LogP contribution in [0.5, 0.6) is 0 Å². The molecule has 0 bridgehead atoms. The molecule has 0 radical (unpaired) electrons. The van der Waals surface area contributed by atoms with E-state index in [9.17, 15) is 4.79 Å². The van der Waals surface area contributed by atoms with E-state index in [1.165, 1.54) is 6.42 Å². The van der Waals surface area contributed by atoms with Crippen LogP contribution < -0.4 is 10.6 Å². The van der Waals surface area contributed by atoms with E-state index in [1.54, 1.807) is 0 Å². The lowest BCUT2D eigenvalue weighted by Crippen LogP contribution is -2.38. The van der Waals surface area contributed by atoms with Crippen molar-refractivity contribution in [2.75, 3.05) is 19.7 Å². The Balaban J connectivity index is 2.12. The number of hydrogen-bond acceptors (Lipinski definition) is 3. The highest BCUT2D eigenvalue weighted by atomic mass is 16.5. The van der Waals surface area contributed by atoms with Crippen LogP contribution in [0, 0.1) is 5.92 Å². The highest BCUT2D eigenvalue weighted by Gasteiger charge is 2.18. The number of amides is 1. The molecule has 0 aromatic carbocycles. The quantitative estimate of drug-likeness (QED) is 0.710. The monoisotopic (exact) mass is 228 g/mol. The van der Waals surface area contributed by atoms with E-state index >= 15 is 0 Å². The maximum Gasteiger partial charge on any atom is 0.248 e. The van der Waals surface area contributed by atoms with Crippen molar-refractivity contribution in [2.45, 2.75) is 45.8 Å². The summed E-state index contributed by atoms with van der Waals surface area (Å²) in [5.74, 6) is 0.472. The van der Waals surface area contributed by atoms with Gasteiger partial charge in [0.25, 0.3) is 0 Å². The van der Waals surface area contributed by atoms with Crippen LogP contribution in [-0.4, -0.2) is 37.7 Å². The molecule has 0 aromatic rings. The summed E-state index contributed by atoms with van der Waals surface area (Å²) in [6.07, 6.45) is 2.02. The zero-order chi connectivity index (χ0) is 12.0. The molecule has 1 saturated heterocycles. The minimum absolute atomic E-state index is 0.00769. The Morgan fingerprint density at radius 2 is 2.25 bits per heavy atom. The van der Waals surface area contributed by atoms with E-state index in [2.05, 4.69) is 24.5 Å². The second kappa shape index (κ2) is 6.86. The summed E-state index contributed by atoms with van der Waals surface area (Å²) in [6, 6.07) is 0.431. The van der Waals surface area contributed by atoms with E-state index in [0.29, 0.717) is 25.1 Å². The summed E-state index contributed by atoms with van der Waals surface area (Å²) in [5, 5.41) is 6.22. The van der Waals surface area contributed by atoms with Gasteiger partial charge in [-0.3, -0.25) is 4.79 Å². The number of carbonyl (C=O) groups excluding carboxylic acids is 1. The van der Waals surface area contributed by atoms with E-state index in [0.717, 1.165) is 13.0 Å². The molecule has 0 spiro atoms. The van der Waals surface area contributed by atoms with Gasteiger partial charge in [-0.25, -0.2) is 0 Å². The van der Waals surface area contributed by atoms with Crippen molar-refractivity contribution < 1.29 is 9.53 Å². The van der Waals surface area contributed by atoms with Gasteiger partial charge < -0.3 is 15.4 Å². The van der Waals surface area contributed by atoms with Gasteiger partial charge in [-0.05, 0) is 32.2 Å². The Morgan fingerprint density at radius 3 is 2.81 bits per heavy atom. The van der Waals surface area contributed by atoms with Gasteiger partial charge in [0.05, 0.1) is 6.61 Å². The minimum atomic E-state index is -0.346. The van der Waals surface area contributed by atoms with Crippen LogP contribution in [0.2, 0.25) is 0 Å². The Hall–Kier alpha value is -0.610. The van der Waals surface area contributed by atoms with E-state index in [-0.39, 0.29) is 12.0 Å². The Kier molecular flexibility index (Phi) is 5.77. The second-order valence-electron chi connectivity index (χ2n) is 4.91. The van der Waals surface area contributed by atoms with Crippen molar-refractivity contribution in [1.29, 1.82) is 0 Å². The molecule has 0 aromatic heterocycles. The highest BCUT2D eigenvalue weighted by Crippen LogP contribution is 2.06. The fourth-order valence-electron chi connectivity index (χ4n) is 1.68. The molecule has 1 aliphatic rings. The second-order valence-corrected chi connectivity index (χ2v) is 4.91. The molecule has 2 N–H and O–H groups in total. The largest absolute Gasteiger partial charge is 0.367 e. The van der Waals surface area contributed by atoms with Gasteiger partial charge in [0.1, 0.15) is 6.10 Å². The first kappa shape index (κ1) is 13.5. The molecule has 0 saturated carbocycles. The lowest BCUT2D eigenvalue weighted by molar-refractivity contribution is -0.132. The third-order valence-corrected chi connectivity index (χ3v) is 2.76. The van der Waals surface area contributed by atoms with Crippen LogP contribution >= 0.6 is 0 Å². The number of carbonyl (C=O) groups is 1. The Morgan fingerprint density at radius 1 is 1.50 bits per heavy atom. The normalized spacial score (nSPS) is 22.4. The first-order valence-electron chi connectivity index (χ1n) is 6.22. The molecule has 0 aliphatic carbocycles. The SMILES string of the molecule is CC(C)CNC(=O)C(C)OCC1CCCN1. The van der Waals surface area contributed by atoms with Gasteiger partial charge in [-0.1, -0.05) is 13.8 Å². The van der Waals surface area contributed by atoms with Crippen molar-refractivity contribution >= 4 is 5.91 Å². The summed E-state index contributed by atoms with van der Waals surface area (Å²) in [4.78, 5) is 11.6. The smallest absolute Gasteiger partial charge is 0.248 e. The summed E-state index contributed by atoms with van der Waals surface area (Å²) in [6.45, 7) is 8.39. The molecule has 1 amide bonds. The first-order valence-corrected chi connectivity index (χ1v) is 6.22. The van der Waals surface area contributed by atoms with Crippen molar-refractivity contribution in [1.82, 2.24) is 10.6 Å².